The number of hydrogen-bond acceptors (Lipinski definition) is 4. The van der Waals surface area contributed by atoms with Crippen LogP contribution in [-0.4, -0.2) is 32.7 Å². The largest absolute Gasteiger partial charge is 0.350 e. The minimum atomic E-state index is -3.77. The third-order valence-electron chi connectivity index (χ3n) is 5.16. The number of amides is 1. The lowest BCUT2D eigenvalue weighted by Crippen LogP contribution is -2.36. The summed E-state index contributed by atoms with van der Waals surface area (Å²) in [6.45, 7) is 7.04. The molecule has 6 nitrogen and oxygen atoms in total. The van der Waals surface area contributed by atoms with Crippen LogP contribution >= 0.6 is 0 Å². The Kier molecular flexibility index (Phi) is 5.89. The van der Waals surface area contributed by atoms with Gasteiger partial charge in [-0.25, -0.2) is 0 Å². The van der Waals surface area contributed by atoms with Crippen molar-refractivity contribution in [2.45, 2.75) is 70.2 Å². The smallest absolute Gasteiger partial charge is 0.286 e. The Hall–Kier alpha value is -1.89. The van der Waals surface area contributed by atoms with Crippen molar-refractivity contribution in [1.82, 2.24) is 5.32 Å². The second-order valence-corrected chi connectivity index (χ2v) is 9.55. The van der Waals surface area contributed by atoms with E-state index in [9.17, 15) is 13.2 Å². The molecule has 7 heteroatoms. The Bertz CT molecular complexity index is 846. The number of fused-ring (bicyclic) bond motifs is 3. The van der Waals surface area contributed by atoms with Crippen LogP contribution in [0.2, 0.25) is 0 Å². The highest BCUT2D eigenvalue weighted by Gasteiger charge is 2.32. The van der Waals surface area contributed by atoms with Crippen LogP contribution in [0, 0.1) is 5.92 Å². The fraction of sp³-hybridized carbons (Fsp3) is 0.600. The Morgan fingerprint density at radius 3 is 2.70 bits per heavy atom. The van der Waals surface area contributed by atoms with E-state index in [0.29, 0.717) is 29.4 Å². The van der Waals surface area contributed by atoms with E-state index in [1.807, 2.05) is 11.8 Å². The lowest BCUT2D eigenvalue weighted by atomic mass is 10.0. The molecule has 1 amide bonds. The first-order chi connectivity index (χ1) is 12.8. The first kappa shape index (κ1) is 19.9. The maximum absolute atomic E-state index is 12.7. The molecule has 0 bridgehead atoms. The van der Waals surface area contributed by atoms with Crippen LogP contribution in [0.15, 0.2) is 27.5 Å². The molecule has 2 heterocycles. The number of anilines is 1. The zero-order valence-corrected chi connectivity index (χ0v) is 17.2. The number of hydrogen-bond donors (Lipinski definition) is 1. The van der Waals surface area contributed by atoms with Crippen LogP contribution in [-0.2, 0) is 10.0 Å². The third-order valence-corrected chi connectivity index (χ3v) is 6.50. The second-order valence-electron chi connectivity index (χ2n) is 7.97. The van der Waals surface area contributed by atoms with Crippen molar-refractivity contribution < 1.29 is 13.2 Å². The predicted molar refractivity (Wildman–Crippen MR) is 108 cm³/mol. The van der Waals surface area contributed by atoms with Gasteiger partial charge in [0.2, 0.25) is 0 Å². The van der Waals surface area contributed by atoms with E-state index in [4.69, 9.17) is 0 Å². The summed E-state index contributed by atoms with van der Waals surface area (Å²) in [6, 6.07) is 4.98. The molecule has 0 saturated carbocycles. The van der Waals surface area contributed by atoms with Gasteiger partial charge in [0.15, 0.2) is 0 Å². The normalized spacial score (nSPS) is 19.6. The quantitative estimate of drug-likeness (QED) is 0.830. The molecule has 0 unspecified atom stereocenters. The van der Waals surface area contributed by atoms with Gasteiger partial charge in [-0.15, -0.1) is 4.40 Å². The van der Waals surface area contributed by atoms with E-state index >= 15 is 0 Å². The summed E-state index contributed by atoms with van der Waals surface area (Å²) in [4.78, 5) is 14.7. The minimum Gasteiger partial charge on any atom is -0.350 e. The topological polar surface area (TPSA) is 78.8 Å². The van der Waals surface area contributed by atoms with Gasteiger partial charge in [0.1, 0.15) is 10.7 Å². The van der Waals surface area contributed by atoms with Crippen LogP contribution < -0.4 is 10.2 Å². The predicted octanol–water partition coefficient (Wildman–Crippen LogP) is 3.72. The molecule has 1 aromatic rings. The summed E-state index contributed by atoms with van der Waals surface area (Å²) in [5.41, 5.74) is 1.01. The Balaban J connectivity index is 1.84. The summed E-state index contributed by atoms with van der Waals surface area (Å²) >= 11 is 0. The van der Waals surface area contributed by atoms with Crippen LogP contribution in [0.5, 0.6) is 0 Å². The van der Waals surface area contributed by atoms with Crippen LogP contribution in [0.3, 0.4) is 0 Å². The second kappa shape index (κ2) is 8.00. The molecular weight excluding hydrogens is 362 g/mol. The van der Waals surface area contributed by atoms with Gasteiger partial charge in [-0.05, 0) is 56.7 Å². The lowest BCUT2D eigenvalue weighted by Gasteiger charge is -2.29. The molecule has 2 aliphatic heterocycles. The van der Waals surface area contributed by atoms with Crippen molar-refractivity contribution in [1.29, 1.82) is 0 Å². The van der Waals surface area contributed by atoms with E-state index in [1.165, 1.54) is 6.07 Å². The van der Waals surface area contributed by atoms with Gasteiger partial charge < -0.3 is 10.2 Å². The van der Waals surface area contributed by atoms with Gasteiger partial charge in [-0.3, -0.25) is 4.79 Å². The Morgan fingerprint density at radius 1 is 1.19 bits per heavy atom. The minimum absolute atomic E-state index is 0.0442. The van der Waals surface area contributed by atoms with Crippen molar-refractivity contribution in [3.8, 4) is 0 Å². The molecular formula is C20H29N3O3S. The van der Waals surface area contributed by atoms with E-state index < -0.39 is 10.0 Å². The standard InChI is InChI=1S/C20H29N3O3S/c1-14(2)8-9-15(3)21-20(24)16-10-11-17-18(13-16)27(25,26)22-19-7-5-4-6-12-23(17)19/h10-11,13-15H,4-9,12H2,1-3H3,(H,21,24)/t15-/m0/s1. The molecule has 0 aromatic heterocycles. The van der Waals surface area contributed by atoms with Crippen LogP contribution in [0.1, 0.15) is 69.7 Å². The van der Waals surface area contributed by atoms with Gasteiger partial charge in [-0.2, -0.15) is 8.42 Å². The van der Waals surface area contributed by atoms with Crippen molar-refractivity contribution >= 4 is 27.5 Å². The first-order valence-corrected chi connectivity index (χ1v) is 11.3. The summed E-state index contributed by atoms with van der Waals surface area (Å²) in [7, 11) is -3.77. The molecule has 1 N–H and O–H groups in total. The van der Waals surface area contributed by atoms with Gasteiger partial charge in [0, 0.05) is 24.6 Å². The molecule has 3 rings (SSSR count). The summed E-state index contributed by atoms with van der Waals surface area (Å²) in [5, 5.41) is 2.97. The number of nitrogens with one attached hydrogen (secondary N) is 1. The molecule has 1 atom stereocenters. The fourth-order valence-corrected chi connectivity index (χ4v) is 4.87. The SMILES string of the molecule is CC(C)CC[C@H](C)NC(=O)c1ccc2c(c1)S(=O)(=O)N=C1CCCCCN12. The summed E-state index contributed by atoms with van der Waals surface area (Å²) < 4.78 is 29.4. The highest BCUT2D eigenvalue weighted by molar-refractivity contribution is 7.90. The van der Waals surface area contributed by atoms with Crippen LogP contribution in [0.25, 0.3) is 0 Å². The number of carbonyl (C=O) groups is 1. The summed E-state index contributed by atoms with van der Waals surface area (Å²) in [6.07, 6.45) is 5.64. The maximum atomic E-state index is 12.7. The molecule has 0 aliphatic carbocycles. The Morgan fingerprint density at radius 2 is 1.96 bits per heavy atom. The molecule has 0 radical (unpaired) electrons. The van der Waals surface area contributed by atoms with E-state index in [2.05, 4.69) is 23.6 Å². The zero-order chi connectivity index (χ0) is 19.6. The molecule has 148 valence electrons. The number of sulfonamides is 1. The molecule has 1 saturated heterocycles. The van der Waals surface area contributed by atoms with Gasteiger partial charge in [0.05, 0.1) is 5.69 Å². The number of amidine groups is 1. The average molecular weight is 392 g/mol. The number of carbonyl (C=O) groups excluding carboxylic acids is 1. The highest BCUT2D eigenvalue weighted by Crippen LogP contribution is 2.35. The molecule has 1 fully saturated rings. The maximum Gasteiger partial charge on any atom is 0.286 e. The first-order valence-electron chi connectivity index (χ1n) is 9.84. The van der Waals surface area contributed by atoms with Crippen molar-refractivity contribution in [3.05, 3.63) is 23.8 Å². The molecule has 27 heavy (non-hydrogen) atoms. The average Bonchev–Trinajstić information content (AvgIpc) is 2.84. The van der Waals surface area contributed by atoms with Crippen molar-refractivity contribution in [2.24, 2.45) is 10.3 Å². The van der Waals surface area contributed by atoms with Gasteiger partial charge >= 0.3 is 0 Å². The van der Waals surface area contributed by atoms with Crippen molar-refractivity contribution in [2.75, 3.05) is 11.4 Å². The number of nitrogens with zero attached hydrogens (tertiary/aromatic N) is 2. The monoisotopic (exact) mass is 391 g/mol. The van der Waals surface area contributed by atoms with Gasteiger partial charge in [-0.1, -0.05) is 20.3 Å². The van der Waals surface area contributed by atoms with E-state index in [0.717, 1.165) is 38.6 Å². The fourth-order valence-electron chi connectivity index (χ4n) is 3.58. The van der Waals surface area contributed by atoms with E-state index in [-0.39, 0.29) is 16.8 Å². The summed E-state index contributed by atoms with van der Waals surface area (Å²) in [5.74, 6) is 0.966. The molecule has 1 aromatic carbocycles. The lowest BCUT2D eigenvalue weighted by molar-refractivity contribution is 0.0937. The number of rotatable bonds is 5. The van der Waals surface area contributed by atoms with Gasteiger partial charge in [0.25, 0.3) is 15.9 Å². The Labute approximate surface area is 162 Å². The van der Waals surface area contributed by atoms with Crippen LogP contribution in [0.4, 0.5) is 5.69 Å². The zero-order valence-electron chi connectivity index (χ0n) is 16.4. The van der Waals surface area contributed by atoms with Crippen molar-refractivity contribution in [3.63, 3.8) is 0 Å². The third kappa shape index (κ3) is 4.51. The van der Waals surface area contributed by atoms with E-state index in [1.54, 1.807) is 12.1 Å². The number of benzene rings is 1. The highest BCUT2D eigenvalue weighted by atomic mass is 32.2. The molecule has 0 spiro atoms. The molecule has 2 aliphatic rings.